The molecule has 3 N–H and O–H groups in total. The van der Waals surface area contributed by atoms with Gasteiger partial charge in [-0.05, 0) is 36.6 Å². The molecule has 0 radical (unpaired) electrons. The average Bonchev–Trinajstić information content (AvgIpc) is 2.61. The Hall–Kier alpha value is -1.67. The maximum Gasteiger partial charge on any atom is 0.191 e. The lowest BCUT2D eigenvalue weighted by molar-refractivity contribution is 0.275. The summed E-state index contributed by atoms with van der Waals surface area (Å²) in [5.74, 6) is 0.335. The van der Waals surface area contributed by atoms with Gasteiger partial charge >= 0.3 is 0 Å². The van der Waals surface area contributed by atoms with Crippen LogP contribution in [0.5, 0.6) is 0 Å². The Morgan fingerprint density at radius 3 is 2.52 bits per heavy atom. The van der Waals surface area contributed by atoms with Crippen LogP contribution >= 0.6 is 24.0 Å². The molecule has 0 fully saturated rings. The van der Waals surface area contributed by atoms with E-state index in [0.29, 0.717) is 12.1 Å². The van der Waals surface area contributed by atoms with Crippen molar-refractivity contribution in [1.29, 1.82) is 0 Å². The number of nitrogens with zero attached hydrogens (tertiary/aromatic N) is 1. The summed E-state index contributed by atoms with van der Waals surface area (Å²) in [6.45, 7) is 3.67. The topological polar surface area (TPSA) is 56.7 Å². The number of nitrogens with one attached hydrogen (secondary N) is 2. The van der Waals surface area contributed by atoms with Crippen molar-refractivity contribution in [2.24, 2.45) is 4.99 Å². The van der Waals surface area contributed by atoms with E-state index < -0.39 is 5.82 Å². The Kier molecular flexibility index (Phi) is 10.1. The molecular formula is C19H25FIN3O. The normalized spacial score (nSPS) is 10.9. The third-order valence-electron chi connectivity index (χ3n) is 3.59. The highest BCUT2D eigenvalue weighted by molar-refractivity contribution is 14.0. The first kappa shape index (κ1) is 21.4. The van der Waals surface area contributed by atoms with Gasteiger partial charge in [0.2, 0.25) is 0 Å². The van der Waals surface area contributed by atoms with Crippen LogP contribution in [0, 0.1) is 5.82 Å². The Bertz CT molecular complexity index is 665. The van der Waals surface area contributed by atoms with E-state index >= 15 is 0 Å². The summed E-state index contributed by atoms with van der Waals surface area (Å²) in [6, 6.07) is 15.0. The molecule has 6 heteroatoms. The lowest BCUT2D eigenvalue weighted by Gasteiger charge is -2.11. The zero-order valence-corrected chi connectivity index (χ0v) is 16.7. The van der Waals surface area contributed by atoms with E-state index in [1.807, 2.05) is 25.1 Å². The number of aliphatic hydroxyl groups excluding tert-OH is 1. The fourth-order valence-electron chi connectivity index (χ4n) is 2.33. The molecule has 2 rings (SSSR count). The van der Waals surface area contributed by atoms with Gasteiger partial charge in [0, 0.05) is 18.7 Å². The van der Waals surface area contributed by atoms with Crippen molar-refractivity contribution >= 4 is 29.9 Å². The van der Waals surface area contributed by atoms with Gasteiger partial charge in [-0.3, -0.25) is 0 Å². The molecule has 2 aromatic carbocycles. The van der Waals surface area contributed by atoms with Gasteiger partial charge in [0.15, 0.2) is 5.96 Å². The van der Waals surface area contributed by atoms with Gasteiger partial charge in [-0.2, -0.15) is 0 Å². The molecule has 25 heavy (non-hydrogen) atoms. The van der Waals surface area contributed by atoms with E-state index in [1.165, 1.54) is 11.6 Å². The highest BCUT2D eigenvalue weighted by atomic mass is 127. The third kappa shape index (κ3) is 7.39. The Morgan fingerprint density at radius 2 is 1.84 bits per heavy atom. The van der Waals surface area contributed by atoms with Crippen molar-refractivity contribution in [3.8, 4) is 0 Å². The molecule has 0 saturated carbocycles. The number of hydrogen-bond acceptors (Lipinski definition) is 2. The molecule has 0 unspecified atom stereocenters. The van der Waals surface area contributed by atoms with Gasteiger partial charge in [0.1, 0.15) is 5.82 Å². The largest absolute Gasteiger partial charge is 0.392 e. The maximum absolute atomic E-state index is 13.4. The highest BCUT2D eigenvalue weighted by Gasteiger charge is 2.03. The second kappa shape index (κ2) is 11.8. The van der Waals surface area contributed by atoms with Crippen molar-refractivity contribution in [2.45, 2.75) is 26.5 Å². The zero-order chi connectivity index (χ0) is 17.2. The number of halogens is 2. The first-order chi connectivity index (χ1) is 11.7. The van der Waals surface area contributed by atoms with Crippen LogP contribution in [0.4, 0.5) is 4.39 Å². The van der Waals surface area contributed by atoms with E-state index in [2.05, 4.69) is 27.8 Å². The van der Waals surface area contributed by atoms with Crippen LogP contribution in [-0.2, 0) is 19.6 Å². The molecule has 0 aliphatic carbocycles. The van der Waals surface area contributed by atoms with Crippen molar-refractivity contribution in [1.82, 2.24) is 10.6 Å². The van der Waals surface area contributed by atoms with Crippen LogP contribution in [0.15, 0.2) is 53.5 Å². The van der Waals surface area contributed by atoms with E-state index in [9.17, 15) is 4.39 Å². The minimum atomic E-state index is -0.391. The van der Waals surface area contributed by atoms with Crippen LogP contribution in [0.2, 0.25) is 0 Å². The summed E-state index contributed by atoms with van der Waals surface area (Å²) in [7, 11) is 0. The molecule has 2 aromatic rings. The number of aliphatic hydroxyl groups is 1. The molecule has 0 atom stereocenters. The number of benzene rings is 2. The smallest absolute Gasteiger partial charge is 0.191 e. The molecule has 0 aliphatic rings. The van der Waals surface area contributed by atoms with Crippen LogP contribution < -0.4 is 10.6 Å². The SMILES string of the molecule is CCNC(=NCc1ccc(F)c(CO)c1)NCCc1ccccc1.I. The molecule has 0 aliphatic heterocycles. The summed E-state index contributed by atoms with van der Waals surface area (Å²) in [4.78, 5) is 4.51. The zero-order valence-electron chi connectivity index (χ0n) is 14.3. The standard InChI is InChI=1S/C19H24FN3O.HI/c1-2-21-19(22-11-10-15-6-4-3-5-7-15)23-13-16-8-9-18(20)17(12-16)14-24;/h3-9,12,24H,2,10-11,13-14H2,1H3,(H2,21,22,23);1H. The number of aliphatic imine (C=N–C) groups is 1. The third-order valence-corrected chi connectivity index (χ3v) is 3.59. The predicted octanol–water partition coefficient (Wildman–Crippen LogP) is 3.23. The fourth-order valence-corrected chi connectivity index (χ4v) is 2.33. The van der Waals surface area contributed by atoms with E-state index in [-0.39, 0.29) is 30.6 Å². The first-order valence-electron chi connectivity index (χ1n) is 8.17. The summed E-state index contributed by atoms with van der Waals surface area (Å²) in [5, 5.41) is 15.6. The van der Waals surface area contributed by atoms with Gasteiger partial charge in [-0.15, -0.1) is 24.0 Å². The molecular weight excluding hydrogens is 432 g/mol. The molecule has 136 valence electrons. The van der Waals surface area contributed by atoms with Gasteiger partial charge in [0.05, 0.1) is 13.2 Å². The van der Waals surface area contributed by atoms with Crippen molar-refractivity contribution in [3.63, 3.8) is 0 Å². The van der Waals surface area contributed by atoms with Crippen LogP contribution in [0.1, 0.15) is 23.6 Å². The van der Waals surface area contributed by atoms with Crippen molar-refractivity contribution < 1.29 is 9.50 Å². The molecule has 4 nitrogen and oxygen atoms in total. The predicted molar refractivity (Wildman–Crippen MR) is 111 cm³/mol. The Morgan fingerprint density at radius 1 is 1.08 bits per heavy atom. The Balaban J connectivity index is 0.00000312. The van der Waals surface area contributed by atoms with Crippen molar-refractivity contribution in [3.05, 3.63) is 71.0 Å². The lowest BCUT2D eigenvalue weighted by Crippen LogP contribution is -2.38. The summed E-state index contributed by atoms with van der Waals surface area (Å²) < 4.78 is 13.4. The van der Waals surface area contributed by atoms with Crippen LogP contribution in [0.3, 0.4) is 0 Å². The van der Waals surface area contributed by atoms with Crippen LogP contribution in [0.25, 0.3) is 0 Å². The van der Waals surface area contributed by atoms with Gasteiger partial charge in [-0.1, -0.05) is 36.4 Å². The first-order valence-corrected chi connectivity index (χ1v) is 8.17. The molecule has 0 aromatic heterocycles. The number of rotatable bonds is 7. The highest BCUT2D eigenvalue weighted by Crippen LogP contribution is 2.11. The van der Waals surface area contributed by atoms with Crippen molar-refractivity contribution in [2.75, 3.05) is 13.1 Å². The van der Waals surface area contributed by atoms with E-state index in [4.69, 9.17) is 5.11 Å². The number of guanidine groups is 1. The van der Waals surface area contributed by atoms with E-state index in [1.54, 1.807) is 12.1 Å². The molecule has 0 saturated heterocycles. The summed E-state index contributed by atoms with van der Waals surface area (Å²) in [6.07, 6.45) is 0.913. The van der Waals surface area contributed by atoms with Gasteiger partial charge < -0.3 is 15.7 Å². The minimum absolute atomic E-state index is 0. The molecule has 0 amide bonds. The second-order valence-electron chi connectivity index (χ2n) is 5.44. The van der Waals surface area contributed by atoms with E-state index in [0.717, 1.165) is 31.0 Å². The van der Waals surface area contributed by atoms with Crippen LogP contribution in [-0.4, -0.2) is 24.2 Å². The maximum atomic E-state index is 13.4. The number of hydrogen-bond donors (Lipinski definition) is 3. The summed E-state index contributed by atoms with van der Waals surface area (Å²) in [5.41, 5.74) is 2.43. The Labute approximate surface area is 165 Å². The molecule has 0 heterocycles. The lowest BCUT2D eigenvalue weighted by atomic mass is 10.1. The second-order valence-corrected chi connectivity index (χ2v) is 5.44. The average molecular weight is 457 g/mol. The molecule has 0 spiro atoms. The minimum Gasteiger partial charge on any atom is -0.392 e. The summed E-state index contributed by atoms with van der Waals surface area (Å²) >= 11 is 0. The monoisotopic (exact) mass is 457 g/mol. The molecule has 0 bridgehead atoms. The quantitative estimate of drug-likeness (QED) is 0.340. The fraction of sp³-hybridized carbons (Fsp3) is 0.316. The van der Waals surface area contributed by atoms with Gasteiger partial charge in [-0.25, -0.2) is 9.38 Å². The van der Waals surface area contributed by atoms with Gasteiger partial charge in [0.25, 0.3) is 0 Å².